The van der Waals surface area contributed by atoms with Crippen LogP contribution in [0.25, 0.3) is 0 Å². The molecule has 1 aliphatic heterocycles. The number of benzene rings is 1. The highest BCUT2D eigenvalue weighted by Gasteiger charge is 2.39. The summed E-state index contributed by atoms with van der Waals surface area (Å²) in [6.45, 7) is 2.52. The van der Waals surface area contributed by atoms with Crippen molar-refractivity contribution in [2.45, 2.75) is 44.3 Å². The van der Waals surface area contributed by atoms with Gasteiger partial charge in [0, 0.05) is 24.7 Å². The molecule has 5 nitrogen and oxygen atoms in total. The fourth-order valence-electron chi connectivity index (χ4n) is 3.21. The Labute approximate surface area is 145 Å². The first-order valence-electron chi connectivity index (χ1n) is 8.09. The minimum atomic E-state index is -2.34. The summed E-state index contributed by atoms with van der Waals surface area (Å²) in [5, 5.41) is 3.88. The van der Waals surface area contributed by atoms with Gasteiger partial charge in [-0.05, 0) is 26.2 Å². The van der Waals surface area contributed by atoms with E-state index in [1.807, 2.05) is 6.92 Å². The van der Waals surface area contributed by atoms with Crippen molar-refractivity contribution in [3.63, 3.8) is 0 Å². The molecule has 0 radical (unpaired) electrons. The fourth-order valence-corrected chi connectivity index (χ4v) is 3.21. The molecule has 1 heterocycles. The molecule has 10 heteroatoms. The molecule has 2 unspecified atom stereocenters. The molecule has 142 valence electrons. The fraction of sp³-hybridized carbons (Fsp3) is 0.500. The van der Waals surface area contributed by atoms with Crippen LogP contribution in [0.15, 0.2) is 0 Å². The van der Waals surface area contributed by atoms with E-state index in [4.69, 9.17) is 0 Å². The zero-order chi connectivity index (χ0) is 19.2. The van der Waals surface area contributed by atoms with E-state index in [1.54, 1.807) is 0 Å². The van der Waals surface area contributed by atoms with Gasteiger partial charge in [0.25, 0.3) is 0 Å². The summed E-state index contributed by atoms with van der Waals surface area (Å²) < 4.78 is 66.4. The first-order chi connectivity index (χ1) is 12.2. The van der Waals surface area contributed by atoms with Crippen molar-refractivity contribution in [3.8, 4) is 0 Å². The van der Waals surface area contributed by atoms with Crippen LogP contribution in [0.1, 0.15) is 26.2 Å². The Kier molecular flexibility index (Phi) is 4.87. The van der Waals surface area contributed by atoms with Crippen LogP contribution in [0, 0.1) is 29.1 Å². The molecule has 0 aromatic heterocycles. The predicted octanol–water partition coefficient (Wildman–Crippen LogP) is 2.06. The molecule has 3 rings (SSSR count). The number of halogens is 5. The Bertz CT molecular complexity index is 740. The molecule has 1 saturated heterocycles. The van der Waals surface area contributed by atoms with Gasteiger partial charge in [0.1, 0.15) is 5.69 Å². The lowest BCUT2D eigenvalue weighted by Gasteiger charge is -2.19. The second-order valence-corrected chi connectivity index (χ2v) is 6.58. The number of hydrogen-bond donors (Lipinski definition) is 2. The van der Waals surface area contributed by atoms with Crippen molar-refractivity contribution >= 4 is 17.5 Å². The third-order valence-corrected chi connectivity index (χ3v) is 4.63. The second kappa shape index (κ2) is 6.82. The van der Waals surface area contributed by atoms with Crippen LogP contribution in [0.5, 0.6) is 0 Å². The third-order valence-electron chi connectivity index (χ3n) is 4.63. The molecule has 0 spiro atoms. The summed E-state index contributed by atoms with van der Waals surface area (Å²) in [6.07, 6.45) is 2.75. The third kappa shape index (κ3) is 3.37. The van der Waals surface area contributed by atoms with Crippen LogP contribution >= 0.6 is 0 Å². The molecule has 26 heavy (non-hydrogen) atoms. The van der Waals surface area contributed by atoms with Crippen LogP contribution in [0.2, 0.25) is 0 Å². The SMILES string of the molecule is CC1CC(NC(=O)C(=O)Nc2c(F)c(F)c(F)c(F)c2F)CN1C1CC1. The Morgan fingerprint density at radius 3 is 2.00 bits per heavy atom. The van der Waals surface area contributed by atoms with Crippen molar-refractivity contribution in [2.75, 3.05) is 11.9 Å². The van der Waals surface area contributed by atoms with Crippen LogP contribution in [-0.4, -0.2) is 41.4 Å². The molecule has 1 aromatic carbocycles. The molecule has 0 bridgehead atoms. The van der Waals surface area contributed by atoms with E-state index in [0.717, 1.165) is 12.8 Å². The Balaban J connectivity index is 1.66. The number of nitrogens with one attached hydrogen (secondary N) is 2. The summed E-state index contributed by atoms with van der Waals surface area (Å²) in [5.74, 6) is -13.9. The predicted molar refractivity (Wildman–Crippen MR) is 80.6 cm³/mol. The lowest BCUT2D eigenvalue weighted by molar-refractivity contribution is -0.136. The molecule has 2 aliphatic rings. The highest BCUT2D eigenvalue weighted by molar-refractivity contribution is 6.39. The molecule has 1 aromatic rings. The summed E-state index contributed by atoms with van der Waals surface area (Å²) in [7, 11) is 0. The van der Waals surface area contributed by atoms with Crippen molar-refractivity contribution in [3.05, 3.63) is 29.1 Å². The molecule has 2 N–H and O–H groups in total. The Hall–Kier alpha value is -2.23. The lowest BCUT2D eigenvalue weighted by Crippen LogP contribution is -2.43. The van der Waals surface area contributed by atoms with E-state index in [2.05, 4.69) is 10.2 Å². The summed E-state index contributed by atoms with van der Waals surface area (Å²) in [5.41, 5.74) is -1.55. The molecule has 1 saturated carbocycles. The summed E-state index contributed by atoms with van der Waals surface area (Å²) in [6, 6.07) is 0.348. The van der Waals surface area contributed by atoms with E-state index in [-0.39, 0.29) is 12.1 Å². The van der Waals surface area contributed by atoms with Gasteiger partial charge in [0.05, 0.1) is 0 Å². The van der Waals surface area contributed by atoms with Crippen molar-refractivity contribution in [1.82, 2.24) is 10.2 Å². The number of carbonyl (C=O) groups is 2. The van der Waals surface area contributed by atoms with Crippen molar-refractivity contribution in [2.24, 2.45) is 0 Å². The van der Waals surface area contributed by atoms with Gasteiger partial charge < -0.3 is 10.6 Å². The van der Waals surface area contributed by atoms with E-state index in [9.17, 15) is 31.5 Å². The quantitative estimate of drug-likeness (QED) is 0.367. The Morgan fingerprint density at radius 1 is 0.923 bits per heavy atom. The number of carbonyl (C=O) groups excluding carboxylic acids is 2. The number of rotatable bonds is 3. The van der Waals surface area contributed by atoms with E-state index < -0.39 is 46.6 Å². The first-order valence-corrected chi connectivity index (χ1v) is 8.09. The van der Waals surface area contributed by atoms with Crippen molar-refractivity contribution < 1.29 is 31.5 Å². The monoisotopic (exact) mass is 377 g/mol. The van der Waals surface area contributed by atoms with Gasteiger partial charge in [-0.15, -0.1) is 0 Å². The second-order valence-electron chi connectivity index (χ2n) is 6.58. The number of anilines is 1. The highest BCUT2D eigenvalue weighted by Crippen LogP contribution is 2.33. The van der Waals surface area contributed by atoms with Crippen molar-refractivity contribution in [1.29, 1.82) is 0 Å². The number of nitrogens with zero attached hydrogens (tertiary/aromatic N) is 1. The lowest BCUT2D eigenvalue weighted by atomic mass is 10.2. The number of likely N-dealkylation sites (tertiary alicyclic amines) is 1. The standard InChI is InChI=1S/C16H16F5N3O2/c1-6-4-7(5-24(6)8-2-3-8)22-15(25)16(26)23-14-12(20)10(18)9(17)11(19)13(14)21/h6-8H,2-5H2,1H3,(H,22,25)(H,23,26). The van der Waals surface area contributed by atoms with Gasteiger partial charge >= 0.3 is 11.8 Å². The van der Waals surface area contributed by atoms with Crippen LogP contribution in [-0.2, 0) is 9.59 Å². The largest absolute Gasteiger partial charge is 0.344 e. The first kappa shape index (κ1) is 18.6. The van der Waals surface area contributed by atoms with Gasteiger partial charge in [-0.25, -0.2) is 22.0 Å². The summed E-state index contributed by atoms with van der Waals surface area (Å²) in [4.78, 5) is 25.9. The smallest absolute Gasteiger partial charge is 0.313 e. The van der Waals surface area contributed by atoms with Gasteiger partial charge in [0.2, 0.25) is 5.82 Å². The minimum absolute atomic E-state index is 0.214. The topological polar surface area (TPSA) is 61.4 Å². The normalized spacial score (nSPS) is 23.2. The van der Waals surface area contributed by atoms with E-state index in [0.29, 0.717) is 19.0 Å². The average molecular weight is 377 g/mol. The zero-order valence-corrected chi connectivity index (χ0v) is 13.7. The van der Waals surface area contributed by atoms with Crippen LogP contribution < -0.4 is 10.6 Å². The highest BCUT2D eigenvalue weighted by atomic mass is 19.2. The molecule has 1 aliphatic carbocycles. The van der Waals surface area contributed by atoms with Gasteiger partial charge in [-0.2, -0.15) is 0 Å². The molecular weight excluding hydrogens is 361 g/mol. The van der Waals surface area contributed by atoms with Crippen LogP contribution in [0.3, 0.4) is 0 Å². The van der Waals surface area contributed by atoms with Gasteiger partial charge in [-0.1, -0.05) is 0 Å². The van der Waals surface area contributed by atoms with E-state index in [1.165, 1.54) is 5.32 Å². The van der Waals surface area contributed by atoms with Gasteiger partial charge in [-0.3, -0.25) is 14.5 Å². The Morgan fingerprint density at radius 2 is 1.46 bits per heavy atom. The molecule has 2 amide bonds. The van der Waals surface area contributed by atoms with E-state index >= 15 is 0 Å². The van der Waals surface area contributed by atoms with Gasteiger partial charge in [0.15, 0.2) is 23.3 Å². The van der Waals surface area contributed by atoms with Crippen LogP contribution in [0.4, 0.5) is 27.6 Å². The maximum Gasteiger partial charge on any atom is 0.313 e. The number of hydrogen-bond acceptors (Lipinski definition) is 3. The minimum Gasteiger partial charge on any atom is -0.344 e. The zero-order valence-electron chi connectivity index (χ0n) is 13.7. The molecular formula is C16H16F5N3O2. The summed E-state index contributed by atoms with van der Waals surface area (Å²) >= 11 is 0. The maximum absolute atomic E-state index is 13.6. The molecule has 2 fully saturated rings. The maximum atomic E-state index is 13.6. The average Bonchev–Trinajstić information content (AvgIpc) is 3.38. The number of amides is 2. The molecule has 2 atom stereocenters.